The lowest BCUT2D eigenvalue weighted by Crippen LogP contribution is -2.48. The van der Waals surface area contributed by atoms with Crippen molar-refractivity contribution in [3.05, 3.63) is 102 Å². The lowest BCUT2D eigenvalue weighted by Gasteiger charge is -2.39. The molecule has 0 aliphatic carbocycles. The van der Waals surface area contributed by atoms with E-state index >= 15 is 0 Å². The van der Waals surface area contributed by atoms with Gasteiger partial charge in [-0.15, -0.1) is 0 Å². The summed E-state index contributed by atoms with van der Waals surface area (Å²) in [5.74, 6) is 2.38. The molecule has 1 aliphatic heterocycles. The third kappa shape index (κ3) is 6.04. The fraction of sp³-hybridized carbons (Fsp3) is 0.323. The molecule has 1 aliphatic rings. The van der Waals surface area contributed by atoms with Crippen LogP contribution >= 0.6 is 0 Å². The summed E-state index contributed by atoms with van der Waals surface area (Å²) < 4.78 is 16.5. The van der Waals surface area contributed by atoms with Gasteiger partial charge in [0.05, 0.1) is 20.3 Å². The topological polar surface area (TPSA) is 51.0 Å². The molecule has 6 heteroatoms. The van der Waals surface area contributed by atoms with E-state index in [-0.39, 0.29) is 0 Å². The lowest BCUT2D eigenvalue weighted by atomic mass is 9.96. The molecule has 5 rings (SSSR count). The molecule has 0 N–H and O–H groups in total. The SMILES string of the molecule is COc1ccc(-c2cc(CCCN3CCN(C(c4ccccc4)c4ccccc4)CC3)on2)c(OC)c1. The van der Waals surface area contributed by atoms with E-state index in [9.17, 15) is 0 Å². The van der Waals surface area contributed by atoms with Crippen molar-refractivity contribution in [2.45, 2.75) is 18.9 Å². The number of piperazine rings is 1. The summed E-state index contributed by atoms with van der Waals surface area (Å²) in [7, 11) is 3.30. The molecule has 0 atom stereocenters. The van der Waals surface area contributed by atoms with E-state index in [1.807, 2.05) is 24.3 Å². The van der Waals surface area contributed by atoms with Crippen LogP contribution < -0.4 is 9.47 Å². The van der Waals surface area contributed by atoms with Gasteiger partial charge in [0.15, 0.2) is 0 Å². The fourth-order valence-corrected chi connectivity index (χ4v) is 5.17. The molecular formula is C31H35N3O3. The third-order valence-corrected chi connectivity index (χ3v) is 7.14. The number of methoxy groups -OCH3 is 2. The number of hydrogen-bond donors (Lipinski definition) is 0. The maximum absolute atomic E-state index is 5.65. The first-order valence-corrected chi connectivity index (χ1v) is 13.0. The van der Waals surface area contributed by atoms with E-state index < -0.39 is 0 Å². The van der Waals surface area contributed by atoms with Crippen molar-refractivity contribution in [2.75, 3.05) is 46.9 Å². The quantitative estimate of drug-likeness (QED) is 0.280. The highest BCUT2D eigenvalue weighted by Crippen LogP contribution is 2.33. The van der Waals surface area contributed by atoms with Crippen molar-refractivity contribution in [2.24, 2.45) is 0 Å². The second-order valence-corrected chi connectivity index (χ2v) is 9.45. The molecule has 1 saturated heterocycles. The Morgan fingerprint density at radius 1 is 0.811 bits per heavy atom. The second-order valence-electron chi connectivity index (χ2n) is 9.45. The Hall–Kier alpha value is -3.61. The van der Waals surface area contributed by atoms with Crippen LogP contribution in [0.25, 0.3) is 11.3 Å². The molecule has 1 aromatic heterocycles. The molecule has 4 aromatic rings. The summed E-state index contributed by atoms with van der Waals surface area (Å²) in [5.41, 5.74) is 4.41. The normalized spacial score (nSPS) is 14.7. The molecule has 0 saturated carbocycles. The number of nitrogens with zero attached hydrogens (tertiary/aromatic N) is 3. The number of aryl methyl sites for hydroxylation is 1. The standard InChI is InChI=1S/C31H35N3O3/c1-35-26-15-16-28(30(23-26)36-2)29-22-27(37-32-29)14-9-17-33-18-20-34(21-19-33)31(24-10-5-3-6-11-24)25-12-7-4-8-13-25/h3-8,10-13,15-16,22-23,31H,9,14,17-21H2,1-2H3. The molecule has 0 radical (unpaired) electrons. The van der Waals surface area contributed by atoms with E-state index in [4.69, 9.17) is 14.0 Å². The maximum Gasteiger partial charge on any atom is 0.137 e. The van der Waals surface area contributed by atoms with Gasteiger partial charge in [-0.2, -0.15) is 0 Å². The average molecular weight is 498 g/mol. The fourth-order valence-electron chi connectivity index (χ4n) is 5.17. The summed E-state index contributed by atoms with van der Waals surface area (Å²) in [6, 6.07) is 29.8. The van der Waals surface area contributed by atoms with Crippen molar-refractivity contribution >= 4 is 0 Å². The summed E-state index contributed by atoms with van der Waals surface area (Å²) >= 11 is 0. The highest BCUT2D eigenvalue weighted by atomic mass is 16.5. The predicted molar refractivity (Wildman–Crippen MR) is 146 cm³/mol. The Labute approximate surface area is 219 Å². The average Bonchev–Trinajstić information content (AvgIpc) is 3.43. The largest absolute Gasteiger partial charge is 0.497 e. The van der Waals surface area contributed by atoms with E-state index in [1.165, 1.54) is 11.1 Å². The monoisotopic (exact) mass is 497 g/mol. The van der Waals surface area contributed by atoms with Gasteiger partial charge in [-0.3, -0.25) is 4.90 Å². The molecule has 0 amide bonds. The van der Waals surface area contributed by atoms with Crippen LogP contribution in [-0.4, -0.2) is 61.9 Å². The highest BCUT2D eigenvalue weighted by molar-refractivity contribution is 5.68. The van der Waals surface area contributed by atoms with Gasteiger partial charge in [0.25, 0.3) is 0 Å². The summed E-state index contributed by atoms with van der Waals surface area (Å²) in [5, 5.41) is 4.29. The summed E-state index contributed by atoms with van der Waals surface area (Å²) in [4.78, 5) is 5.18. The van der Waals surface area contributed by atoms with Crippen molar-refractivity contribution in [3.63, 3.8) is 0 Å². The Morgan fingerprint density at radius 2 is 1.49 bits per heavy atom. The van der Waals surface area contributed by atoms with E-state index in [0.717, 1.165) is 74.1 Å². The minimum atomic E-state index is 0.298. The van der Waals surface area contributed by atoms with Crippen LogP contribution in [0.5, 0.6) is 11.5 Å². The molecule has 0 bridgehead atoms. The molecular weight excluding hydrogens is 462 g/mol. The van der Waals surface area contributed by atoms with Gasteiger partial charge in [-0.05, 0) is 36.2 Å². The molecule has 3 aromatic carbocycles. The molecule has 0 unspecified atom stereocenters. The number of rotatable bonds is 10. The Morgan fingerprint density at radius 3 is 2.11 bits per heavy atom. The number of benzene rings is 3. The van der Waals surface area contributed by atoms with Crippen LogP contribution in [0, 0.1) is 0 Å². The van der Waals surface area contributed by atoms with E-state index in [0.29, 0.717) is 6.04 Å². The Bertz CT molecular complexity index is 1210. The molecule has 37 heavy (non-hydrogen) atoms. The van der Waals surface area contributed by atoms with Crippen molar-refractivity contribution < 1.29 is 14.0 Å². The molecule has 1 fully saturated rings. The maximum atomic E-state index is 5.65. The minimum Gasteiger partial charge on any atom is -0.497 e. The van der Waals surface area contributed by atoms with Gasteiger partial charge in [0.1, 0.15) is 23.0 Å². The first-order valence-electron chi connectivity index (χ1n) is 13.0. The number of ether oxygens (including phenoxy) is 2. The summed E-state index contributed by atoms with van der Waals surface area (Å²) in [6.07, 6.45) is 1.90. The third-order valence-electron chi connectivity index (χ3n) is 7.14. The Balaban J connectivity index is 1.15. The van der Waals surface area contributed by atoms with Crippen molar-refractivity contribution in [1.82, 2.24) is 15.0 Å². The van der Waals surface area contributed by atoms with E-state index in [2.05, 4.69) is 75.6 Å². The van der Waals surface area contributed by atoms with E-state index in [1.54, 1.807) is 14.2 Å². The van der Waals surface area contributed by atoms with Gasteiger partial charge in [0, 0.05) is 50.3 Å². The minimum absolute atomic E-state index is 0.298. The van der Waals surface area contributed by atoms with Crippen LogP contribution in [-0.2, 0) is 6.42 Å². The zero-order valence-electron chi connectivity index (χ0n) is 21.7. The predicted octanol–water partition coefficient (Wildman–Crippen LogP) is 5.70. The van der Waals surface area contributed by atoms with Crippen molar-refractivity contribution in [3.8, 4) is 22.8 Å². The van der Waals surface area contributed by atoms with Gasteiger partial charge in [-0.25, -0.2) is 0 Å². The number of aromatic nitrogens is 1. The Kier molecular flexibility index (Phi) is 8.18. The van der Waals surface area contributed by atoms with Gasteiger partial charge in [-0.1, -0.05) is 65.8 Å². The first kappa shape index (κ1) is 25.1. The molecule has 2 heterocycles. The smallest absolute Gasteiger partial charge is 0.137 e. The lowest BCUT2D eigenvalue weighted by molar-refractivity contribution is 0.108. The van der Waals surface area contributed by atoms with Crippen molar-refractivity contribution in [1.29, 1.82) is 0 Å². The van der Waals surface area contributed by atoms with Gasteiger partial charge < -0.3 is 18.9 Å². The van der Waals surface area contributed by atoms with Gasteiger partial charge in [0.2, 0.25) is 0 Å². The van der Waals surface area contributed by atoms with Crippen LogP contribution in [0.1, 0.15) is 29.3 Å². The second kappa shape index (κ2) is 12.1. The van der Waals surface area contributed by atoms with Crippen LogP contribution in [0.3, 0.4) is 0 Å². The van der Waals surface area contributed by atoms with Crippen LogP contribution in [0.4, 0.5) is 0 Å². The molecule has 192 valence electrons. The zero-order valence-corrected chi connectivity index (χ0v) is 21.7. The van der Waals surface area contributed by atoms with Crippen LogP contribution in [0.15, 0.2) is 89.5 Å². The van der Waals surface area contributed by atoms with Gasteiger partial charge >= 0.3 is 0 Å². The number of hydrogen-bond acceptors (Lipinski definition) is 6. The summed E-state index contributed by atoms with van der Waals surface area (Å²) in [6.45, 7) is 5.30. The first-order chi connectivity index (χ1) is 18.2. The molecule has 0 spiro atoms. The van der Waals surface area contributed by atoms with Crippen LogP contribution in [0.2, 0.25) is 0 Å². The zero-order chi connectivity index (χ0) is 25.5. The molecule has 6 nitrogen and oxygen atoms in total. The highest BCUT2D eigenvalue weighted by Gasteiger charge is 2.26.